The number of fused-ring (bicyclic) bond motifs is 1. The molecule has 9 heteroatoms. The summed E-state index contributed by atoms with van der Waals surface area (Å²) in [6, 6.07) is 22.8. The number of benzene rings is 3. The first kappa shape index (κ1) is 22.7. The van der Waals surface area contributed by atoms with Crippen molar-refractivity contribution in [1.82, 2.24) is 19.7 Å². The summed E-state index contributed by atoms with van der Waals surface area (Å²) in [4.78, 5) is 23.8. The summed E-state index contributed by atoms with van der Waals surface area (Å²) in [6.45, 7) is 0.382. The fraction of sp³-hybridized carbons (Fsp3) is 0.120. The zero-order chi connectivity index (χ0) is 23.5. The maximum absolute atomic E-state index is 13.3. The van der Waals surface area contributed by atoms with Gasteiger partial charge in [0, 0.05) is 15.5 Å². The van der Waals surface area contributed by atoms with E-state index in [4.69, 9.17) is 21.1 Å². The van der Waals surface area contributed by atoms with E-state index in [1.165, 1.54) is 16.7 Å². The minimum atomic E-state index is -0.0943. The molecule has 5 aromatic rings. The van der Waals surface area contributed by atoms with Crippen LogP contribution in [0.5, 0.6) is 0 Å². The number of thioether (sulfide) groups is 2. The average molecular weight is 507 g/mol. The van der Waals surface area contributed by atoms with Crippen LogP contribution in [-0.4, -0.2) is 25.9 Å². The van der Waals surface area contributed by atoms with E-state index in [2.05, 4.69) is 10.1 Å². The van der Waals surface area contributed by atoms with Crippen molar-refractivity contribution in [3.8, 4) is 11.4 Å². The number of aromatic nitrogens is 4. The van der Waals surface area contributed by atoms with E-state index in [-0.39, 0.29) is 5.56 Å². The number of para-hydroxylation sites is 1. The highest BCUT2D eigenvalue weighted by Gasteiger charge is 2.15. The van der Waals surface area contributed by atoms with Crippen molar-refractivity contribution in [1.29, 1.82) is 0 Å². The Balaban J connectivity index is 1.43. The first-order valence-corrected chi connectivity index (χ1v) is 13.0. The second-order valence-corrected chi connectivity index (χ2v) is 9.72. The van der Waals surface area contributed by atoms with Gasteiger partial charge in [-0.2, -0.15) is 4.98 Å². The number of halogens is 1. The van der Waals surface area contributed by atoms with Crippen molar-refractivity contribution >= 4 is 46.0 Å². The van der Waals surface area contributed by atoms with Crippen LogP contribution < -0.4 is 5.56 Å². The minimum Gasteiger partial charge on any atom is -0.338 e. The van der Waals surface area contributed by atoms with Crippen molar-refractivity contribution < 1.29 is 4.52 Å². The normalized spacial score (nSPS) is 11.2. The summed E-state index contributed by atoms with van der Waals surface area (Å²) in [6.07, 6.45) is 2.03. The predicted octanol–water partition coefficient (Wildman–Crippen LogP) is 6.16. The van der Waals surface area contributed by atoms with Crippen molar-refractivity contribution in [3.05, 3.63) is 99.6 Å². The fourth-order valence-corrected chi connectivity index (χ4v) is 4.84. The van der Waals surface area contributed by atoms with Crippen LogP contribution in [0.15, 0.2) is 92.2 Å². The molecule has 0 amide bonds. The molecule has 0 bridgehead atoms. The summed E-state index contributed by atoms with van der Waals surface area (Å²) >= 11 is 9.10. The van der Waals surface area contributed by atoms with Crippen LogP contribution in [0.3, 0.4) is 0 Å². The molecule has 0 spiro atoms. The lowest BCUT2D eigenvalue weighted by Crippen LogP contribution is -2.24. The summed E-state index contributed by atoms with van der Waals surface area (Å²) in [7, 11) is 0. The Morgan fingerprint density at radius 2 is 1.74 bits per heavy atom. The van der Waals surface area contributed by atoms with Gasteiger partial charge in [-0.05, 0) is 60.4 Å². The Kier molecular flexibility index (Phi) is 6.71. The summed E-state index contributed by atoms with van der Waals surface area (Å²) in [5.41, 5.74) is 2.41. The third-order valence-corrected chi connectivity index (χ3v) is 7.18. The standard InChI is InChI=1S/C25H19ClN4O2S2/c1-33-19-12-8-17(9-13-19)23-28-22(32-29-23)15-34-25-27-21-5-3-2-4-20(21)24(31)30(25)14-16-6-10-18(26)11-7-16/h2-13H,14-15H2,1H3. The third kappa shape index (κ3) is 4.89. The van der Waals surface area contributed by atoms with Crippen LogP contribution in [0.1, 0.15) is 11.5 Å². The zero-order valence-electron chi connectivity index (χ0n) is 18.1. The molecule has 0 N–H and O–H groups in total. The SMILES string of the molecule is CSc1ccc(-c2noc(CSc3nc4ccccc4c(=O)n3Cc3ccc(Cl)cc3)n2)cc1. The van der Waals surface area contributed by atoms with Gasteiger partial charge in [-0.25, -0.2) is 4.98 Å². The maximum Gasteiger partial charge on any atom is 0.262 e. The molecule has 3 aromatic carbocycles. The van der Waals surface area contributed by atoms with Gasteiger partial charge in [0.2, 0.25) is 11.7 Å². The quantitative estimate of drug-likeness (QED) is 0.193. The van der Waals surface area contributed by atoms with Crippen molar-refractivity contribution in [2.24, 2.45) is 0 Å². The molecule has 2 aromatic heterocycles. The van der Waals surface area contributed by atoms with Gasteiger partial charge in [0.15, 0.2) is 5.16 Å². The largest absolute Gasteiger partial charge is 0.338 e. The van der Waals surface area contributed by atoms with Gasteiger partial charge in [-0.15, -0.1) is 11.8 Å². The van der Waals surface area contributed by atoms with Crippen molar-refractivity contribution in [2.45, 2.75) is 22.3 Å². The first-order chi connectivity index (χ1) is 16.6. The molecule has 2 heterocycles. The molecule has 34 heavy (non-hydrogen) atoms. The monoisotopic (exact) mass is 506 g/mol. The van der Waals surface area contributed by atoms with Crippen LogP contribution in [0, 0.1) is 0 Å². The van der Waals surface area contributed by atoms with Gasteiger partial charge in [0.25, 0.3) is 5.56 Å². The van der Waals surface area contributed by atoms with E-state index in [1.807, 2.05) is 73.0 Å². The summed E-state index contributed by atoms with van der Waals surface area (Å²) in [5, 5.41) is 5.93. The third-order valence-electron chi connectivity index (χ3n) is 5.22. The summed E-state index contributed by atoms with van der Waals surface area (Å²) < 4.78 is 7.14. The first-order valence-electron chi connectivity index (χ1n) is 10.4. The van der Waals surface area contributed by atoms with Crippen LogP contribution in [0.2, 0.25) is 5.02 Å². The Morgan fingerprint density at radius 1 is 0.971 bits per heavy atom. The second-order valence-electron chi connectivity index (χ2n) is 7.46. The molecule has 0 fully saturated rings. The molecule has 0 radical (unpaired) electrons. The van der Waals surface area contributed by atoms with Crippen LogP contribution in [0.4, 0.5) is 0 Å². The van der Waals surface area contributed by atoms with Crippen molar-refractivity contribution in [2.75, 3.05) is 6.26 Å². The predicted molar refractivity (Wildman–Crippen MR) is 138 cm³/mol. The highest BCUT2D eigenvalue weighted by atomic mass is 35.5. The van der Waals surface area contributed by atoms with E-state index in [0.717, 1.165) is 11.1 Å². The number of rotatable bonds is 7. The van der Waals surface area contributed by atoms with E-state index in [1.54, 1.807) is 22.4 Å². The maximum atomic E-state index is 13.3. The second kappa shape index (κ2) is 10.0. The molecule has 0 aliphatic rings. The Labute approximate surface area is 209 Å². The van der Waals surface area contributed by atoms with Gasteiger partial charge >= 0.3 is 0 Å². The van der Waals surface area contributed by atoms with Crippen LogP contribution >= 0.6 is 35.1 Å². The molecule has 0 saturated heterocycles. The molecule has 0 atom stereocenters. The lowest BCUT2D eigenvalue weighted by molar-refractivity contribution is 0.391. The molecule has 6 nitrogen and oxygen atoms in total. The lowest BCUT2D eigenvalue weighted by Gasteiger charge is -2.13. The van der Waals surface area contributed by atoms with E-state index in [9.17, 15) is 4.79 Å². The van der Waals surface area contributed by atoms with Gasteiger partial charge in [-0.1, -0.05) is 52.8 Å². The molecule has 0 aliphatic heterocycles. The van der Waals surface area contributed by atoms with Crippen LogP contribution in [-0.2, 0) is 12.3 Å². The molecule has 0 unspecified atom stereocenters. The van der Waals surface area contributed by atoms with E-state index < -0.39 is 0 Å². The average Bonchev–Trinajstić information content (AvgIpc) is 3.35. The number of hydrogen-bond donors (Lipinski definition) is 0. The Bertz CT molecular complexity index is 1500. The smallest absolute Gasteiger partial charge is 0.262 e. The van der Waals surface area contributed by atoms with E-state index in [0.29, 0.717) is 45.1 Å². The highest BCUT2D eigenvalue weighted by molar-refractivity contribution is 7.98. The number of nitrogens with zero attached hydrogens (tertiary/aromatic N) is 4. The Hall–Kier alpha value is -3.07. The molecule has 0 aliphatic carbocycles. The Morgan fingerprint density at radius 3 is 2.50 bits per heavy atom. The molecular weight excluding hydrogens is 488 g/mol. The summed E-state index contributed by atoms with van der Waals surface area (Å²) in [5.74, 6) is 1.39. The lowest BCUT2D eigenvalue weighted by atomic mass is 10.2. The van der Waals surface area contributed by atoms with Gasteiger partial charge in [0.05, 0.1) is 23.2 Å². The minimum absolute atomic E-state index is 0.0943. The topological polar surface area (TPSA) is 73.8 Å². The van der Waals surface area contributed by atoms with Gasteiger partial charge < -0.3 is 4.52 Å². The zero-order valence-corrected chi connectivity index (χ0v) is 20.5. The molecule has 0 saturated carbocycles. The molecule has 5 rings (SSSR count). The molecular formula is C25H19ClN4O2S2. The highest BCUT2D eigenvalue weighted by Crippen LogP contribution is 2.25. The van der Waals surface area contributed by atoms with E-state index >= 15 is 0 Å². The van der Waals surface area contributed by atoms with Gasteiger partial charge in [0.1, 0.15) is 0 Å². The molecule has 170 valence electrons. The van der Waals surface area contributed by atoms with Gasteiger partial charge in [-0.3, -0.25) is 9.36 Å². The van der Waals surface area contributed by atoms with Crippen molar-refractivity contribution in [3.63, 3.8) is 0 Å². The number of hydrogen-bond acceptors (Lipinski definition) is 7. The fourth-order valence-electron chi connectivity index (χ4n) is 3.47. The van der Waals surface area contributed by atoms with Crippen LogP contribution in [0.25, 0.3) is 22.3 Å².